The van der Waals surface area contributed by atoms with Crippen molar-refractivity contribution in [3.05, 3.63) is 35.4 Å². The quantitative estimate of drug-likeness (QED) is 0.907. The predicted octanol–water partition coefficient (Wildman–Crippen LogP) is 2.92. The van der Waals surface area contributed by atoms with Gasteiger partial charge in [0.1, 0.15) is 5.82 Å². The van der Waals surface area contributed by atoms with Crippen LogP contribution in [0.1, 0.15) is 23.9 Å². The third-order valence-electron chi connectivity index (χ3n) is 2.85. The molecule has 1 aliphatic heterocycles. The monoisotopic (exact) mass is 265 g/mol. The third kappa shape index (κ3) is 2.03. The number of nitrogens with zero attached hydrogens (tertiary/aromatic N) is 2. The van der Waals surface area contributed by atoms with E-state index in [2.05, 4.69) is 14.7 Å². The van der Waals surface area contributed by atoms with Gasteiger partial charge in [-0.15, -0.1) is 0 Å². The molecule has 0 aliphatic carbocycles. The summed E-state index contributed by atoms with van der Waals surface area (Å²) >= 11 is 1.32. The molecule has 0 radical (unpaired) electrons. The van der Waals surface area contributed by atoms with Crippen LogP contribution in [0.2, 0.25) is 0 Å². The number of fused-ring (bicyclic) bond motifs is 1. The van der Waals surface area contributed by atoms with E-state index in [1.165, 1.54) is 17.6 Å². The van der Waals surface area contributed by atoms with Crippen LogP contribution in [0.3, 0.4) is 0 Å². The number of aromatic nitrogens is 2. The van der Waals surface area contributed by atoms with Crippen molar-refractivity contribution >= 4 is 16.7 Å². The molecule has 6 heteroatoms. The summed E-state index contributed by atoms with van der Waals surface area (Å²) in [6, 6.07) is 5.01. The Morgan fingerprint density at radius 2 is 2.39 bits per heavy atom. The van der Waals surface area contributed by atoms with Crippen LogP contribution in [0, 0.1) is 12.7 Å². The first-order valence-corrected chi connectivity index (χ1v) is 6.49. The maximum Gasteiger partial charge on any atom is 0.203 e. The highest BCUT2D eigenvalue weighted by Crippen LogP contribution is 2.36. The molecule has 3 rings (SSSR count). The number of benzene rings is 1. The van der Waals surface area contributed by atoms with Crippen molar-refractivity contribution in [3.63, 3.8) is 0 Å². The van der Waals surface area contributed by atoms with Crippen molar-refractivity contribution in [1.82, 2.24) is 9.36 Å². The Balaban J connectivity index is 1.89. The van der Waals surface area contributed by atoms with Crippen LogP contribution in [0.5, 0.6) is 5.75 Å². The number of para-hydroxylation sites is 1. The normalized spacial score (nSPS) is 18.0. The zero-order chi connectivity index (χ0) is 12.5. The van der Waals surface area contributed by atoms with Gasteiger partial charge in [0, 0.05) is 23.5 Å². The molecule has 0 spiro atoms. The maximum atomic E-state index is 13.6. The van der Waals surface area contributed by atoms with Crippen LogP contribution in [-0.4, -0.2) is 16.0 Å². The van der Waals surface area contributed by atoms with Crippen LogP contribution < -0.4 is 10.1 Å². The second-order valence-electron chi connectivity index (χ2n) is 4.14. The SMILES string of the molecule is Cc1nsc(N[C@H]2CCOc3c(F)cccc32)n1. The number of anilines is 1. The van der Waals surface area contributed by atoms with Gasteiger partial charge in [0.25, 0.3) is 0 Å². The minimum Gasteiger partial charge on any atom is -0.490 e. The minimum atomic E-state index is -0.313. The van der Waals surface area contributed by atoms with Gasteiger partial charge in [0.2, 0.25) is 5.13 Å². The smallest absolute Gasteiger partial charge is 0.203 e. The van der Waals surface area contributed by atoms with Crippen molar-refractivity contribution < 1.29 is 9.13 Å². The fraction of sp³-hybridized carbons (Fsp3) is 0.333. The van der Waals surface area contributed by atoms with E-state index in [0.717, 1.165) is 22.9 Å². The number of aryl methyl sites for hydroxylation is 1. The molecule has 2 aromatic rings. The molecule has 18 heavy (non-hydrogen) atoms. The Morgan fingerprint density at radius 1 is 1.50 bits per heavy atom. The molecule has 0 fully saturated rings. The lowest BCUT2D eigenvalue weighted by molar-refractivity contribution is 0.260. The van der Waals surface area contributed by atoms with Gasteiger partial charge in [-0.3, -0.25) is 0 Å². The minimum absolute atomic E-state index is 0.0248. The van der Waals surface area contributed by atoms with Crippen molar-refractivity contribution in [2.75, 3.05) is 11.9 Å². The number of halogens is 1. The molecule has 4 nitrogen and oxygen atoms in total. The lowest BCUT2D eigenvalue weighted by Gasteiger charge is -2.26. The van der Waals surface area contributed by atoms with Crippen molar-refractivity contribution in [3.8, 4) is 5.75 Å². The summed E-state index contributed by atoms with van der Waals surface area (Å²) in [6.45, 7) is 2.35. The van der Waals surface area contributed by atoms with Crippen molar-refractivity contribution in [2.24, 2.45) is 0 Å². The average molecular weight is 265 g/mol. The number of nitrogens with one attached hydrogen (secondary N) is 1. The molecule has 1 aromatic heterocycles. The summed E-state index contributed by atoms with van der Waals surface area (Å²) < 4.78 is 23.1. The first kappa shape index (κ1) is 11.4. The molecule has 1 aromatic carbocycles. The van der Waals surface area contributed by atoms with Crippen LogP contribution in [0.25, 0.3) is 0 Å². The Labute approximate surface area is 108 Å². The summed E-state index contributed by atoms with van der Waals surface area (Å²) in [7, 11) is 0. The fourth-order valence-corrected chi connectivity index (χ4v) is 2.67. The zero-order valence-electron chi connectivity index (χ0n) is 9.81. The van der Waals surface area contributed by atoms with Crippen LogP contribution in [0.4, 0.5) is 9.52 Å². The van der Waals surface area contributed by atoms with Crippen molar-refractivity contribution in [2.45, 2.75) is 19.4 Å². The van der Waals surface area contributed by atoms with Crippen LogP contribution in [0.15, 0.2) is 18.2 Å². The van der Waals surface area contributed by atoms with Crippen LogP contribution >= 0.6 is 11.5 Å². The average Bonchev–Trinajstić information content (AvgIpc) is 2.76. The van der Waals surface area contributed by atoms with Crippen LogP contribution in [-0.2, 0) is 0 Å². The van der Waals surface area contributed by atoms with E-state index in [9.17, 15) is 4.39 Å². The Morgan fingerprint density at radius 3 is 3.17 bits per heavy atom. The lowest BCUT2D eigenvalue weighted by atomic mass is 10.0. The molecule has 0 saturated heterocycles. The van der Waals surface area contributed by atoms with E-state index in [-0.39, 0.29) is 11.9 Å². The molecule has 2 heterocycles. The van der Waals surface area contributed by atoms with E-state index in [0.29, 0.717) is 12.4 Å². The molecule has 0 saturated carbocycles. The standard InChI is InChI=1S/C12H12FN3OS/c1-7-14-12(18-16-7)15-10-5-6-17-11-8(10)3-2-4-9(11)13/h2-4,10H,5-6H2,1H3,(H,14,15,16)/t10-/m0/s1. The number of rotatable bonds is 2. The second kappa shape index (κ2) is 4.53. The van der Waals surface area contributed by atoms with Gasteiger partial charge in [-0.25, -0.2) is 9.37 Å². The molecular weight excluding hydrogens is 253 g/mol. The van der Waals surface area contributed by atoms with Gasteiger partial charge in [-0.2, -0.15) is 4.37 Å². The Bertz CT molecular complexity index is 572. The number of hydrogen-bond acceptors (Lipinski definition) is 5. The van der Waals surface area contributed by atoms with E-state index in [1.807, 2.05) is 13.0 Å². The van der Waals surface area contributed by atoms with E-state index in [1.54, 1.807) is 6.07 Å². The molecule has 0 bridgehead atoms. The summed E-state index contributed by atoms with van der Waals surface area (Å²) in [4.78, 5) is 4.26. The fourth-order valence-electron chi connectivity index (χ4n) is 2.04. The molecular formula is C12H12FN3OS. The lowest BCUT2D eigenvalue weighted by Crippen LogP contribution is -2.21. The third-order valence-corrected chi connectivity index (χ3v) is 3.59. The number of ether oxygens (including phenoxy) is 1. The summed E-state index contributed by atoms with van der Waals surface area (Å²) in [5, 5.41) is 4.04. The first-order valence-electron chi connectivity index (χ1n) is 5.72. The van der Waals surface area contributed by atoms with E-state index >= 15 is 0 Å². The van der Waals surface area contributed by atoms with Gasteiger partial charge in [-0.1, -0.05) is 12.1 Å². The van der Waals surface area contributed by atoms with Gasteiger partial charge < -0.3 is 10.1 Å². The molecule has 0 amide bonds. The van der Waals surface area contributed by atoms with Gasteiger partial charge in [0.15, 0.2) is 11.6 Å². The largest absolute Gasteiger partial charge is 0.490 e. The molecule has 0 unspecified atom stereocenters. The Hall–Kier alpha value is -1.69. The summed E-state index contributed by atoms with van der Waals surface area (Å²) in [5.74, 6) is 0.781. The summed E-state index contributed by atoms with van der Waals surface area (Å²) in [5.41, 5.74) is 0.842. The first-order chi connectivity index (χ1) is 8.74. The molecule has 1 aliphatic rings. The van der Waals surface area contributed by atoms with Gasteiger partial charge in [0.05, 0.1) is 12.6 Å². The molecule has 1 N–H and O–H groups in total. The van der Waals surface area contributed by atoms with E-state index < -0.39 is 0 Å². The highest BCUT2D eigenvalue weighted by molar-refractivity contribution is 7.09. The van der Waals surface area contributed by atoms with Gasteiger partial charge in [-0.05, 0) is 13.0 Å². The van der Waals surface area contributed by atoms with Gasteiger partial charge >= 0.3 is 0 Å². The Kier molecular flexibility index (Phi) is 2.87. The van der Waals surface area contributed by atoms with E-state index in [4.69, 9.17) is 4.74 Å². The predicted molar refractivity (Wildman–Crippen MR) is 67.5 cm³/mol. The topological polar surface area (TPSA) is 47.0 Å². The molecule has 1 atom stereocenters. The number of hydrogen-bond donors (Lipinski definition) is 1. The summed E-state index contributed by atoms with van der Waals surface area (Å²) in [6.07, 6.45) is 0.787. The highest BCUT2D eigenvalue weighted by atomic mass is 32.1. The zero-order valence-corrected chi connectivity index (χ0v) is 10.6. The second-order valence-corrected chi connectivity index (χ2v) is 4.89. The highest BCUT2D eigenvalue weighted by Gasteiger charge is 2.24. The maximum absolute atomic E-state index is 13.6. The van der Waals surface area contributed by atoms with Crippen molar-refractivity contribution in [1.29, 1.82) is 0 Å². The molecule has 94 valence electrons.